The first-order chi connectivity index (χ1) is 12.7. The molecule has 3 aromatic rings. The zero-order chi connectivity index (χ0) is 18.5. The van der Waals surface area contributed by atoms with Crippen molar-refractivity contribution in [2.75, 3.05) is 19.7 Å². The molecule has 0 aliphatic rings. The normalized spacial score (nSPS) is 11.0. The Morgan fingerprint density at radius 3 is 2.85 bits per heavy atom. The van der Waals surface area contributed by atoms with E-state index in [0.29, 0.717) is 54.4 Å². The summed E-state index contributed by atoms with van der Waals surface area (Å²) in [6.45, 7) is 3.57. The molecule has 0 amide bonds. The maximum Gasteiger partial charge on any atom is 0.266 e. The van der Waals surface area contributed by atoms with Gasteiger partial charge in [-0.1, -0.05) is 12.1 Å². The van der Waals surface area contributed by atoms with Crippen molar-refractivity contribution >= 4 is 10.9 Å². The van der Waals surface area contributed by atoms with Crippen molar-refractivity contribution in [3.05, 3.63) is 64.5 Å². The number of benzene rings is 2. The number of rotatable bonds is 7. The molecule has 0 spiro atoms. The van der Waals surface area contributed by atoms with Crippen LogP contribution in [0, 0.1) is 5.82 Å². The van der Waals surface area contributed by atoms with Crippen molar-refractivity contribution in [2.24, 2.45) is 5.73 Å². The minimum absolute atomic E-state index is 0.229. The van der Waals surface area contributed by atoms with Gasteiger partial charge in [0.2, 0.25) is 0 Å². The molecule has 3 rings (SSSR count). The molecule has 0 unspecified atom stereocenters. The highest BCUT2D eigenvalue weighted by Gasteiger charge is 2.16. The van der Waals surface area contributed by atoms with Gasteiger partial charge < -0.3 is 15.8 Å². The Labute approximate surface area is 150 Å². The average Bonchev–Trinajstić information content (AvgIpc) is 2.64. The molecule has 0 bridgehead atoms. The second-order valence-corrected chi connectivity index (χ2v) is 5.70. The van der Waals surface area contributed by atoms with E-state index in [4.69, 9.17) is 10.5 Å². The number of nitrogens with one attached hydrogen (secondary N) is 1. The Bertz CT molecular complexity index is 971. The van der Waals surface area contributed by atoms with Gasteiger partial charge in [0.1, 0.15) is 17.4 Å². The Kier molecular flexibility index (Phi) is 5.60. The van der Waals surface area contributed by atoms with Crippen LogP contribution in [0.4, 0.5) is 4.39 Å². The zero-order valence-corrected chi connectivity index (χ0v) is 14.5. The first kappa shape index (κ1) is 18.0. The highest BCUT2D eigenvalue weighted by atomic mass is 19.1. The number of para-hydroxylation sites is 1. The van der Waals surface area contributed by atoms with E-state index in [-0.39, 0.29) is 5.56 Å². The Hall–Kier alpha value is -2.77. The van der Waals surface area contributed by atoms with Crippen LogP contribution in [0.3, 0.4) is 0 Å². The van der Waals surface area contributed by atoms with Gasteiger partial charge in [-0.25, -0.2) is 9.37 Å². The van der Waals surface area contributed by atoms with Gasteiger partial charge in [-0.2, -0.15) is 0 Å². The van der Waals surface area contributed by atoms with Gasteiger partial charge in [0, 0.05) is 19.2 Å². The van der Waals surface area contributed by atoms with E-state index >= 15 is 0 Å². The number of ether oxygens (including phenoxy) is 1. The van der Waals surface area contributed by atoms with Crippen LogP contribution in [-0.2, 0) is 6.54 Å². The average molecular weight is 356 g/mol. The second kappa shape index (κ2) is 8.07. The molecule has 136 valence electrons. The number of aromatic nitrogens is 2. The van der Waals surface area contributed by atoms with Crippen LogP contribution in [0.15, 0.2) is 47.3 Å². The lowest BCUT2D eigenvalue weighted by Crippen LogP contribution is -2.29. The maximum atomic E-state index is 13.7. The SMILES string of the molecule is CCOc1cc(F)ccc1-n1c(CNCCN)nc2ccccc2c1=O. The molecule has 0 atom stereocenters. The minimum Gasteiger partial charge on any atom is -0.492 e. The lowest BCUT2D eigenvalue weighted by Gasteiger charge is -2.17. The van der Waals surface area contributed by atoms with Crippen molar-refractivity contribution < 1.29 is 9.13 Å². The number of fused-ring (bicyclic) bond motifs is 1. The summed E-state index contributed by atoms with van der Waals surface area (Å²) in [5, 5.41) is 3.64. The third kappa shape index (κ3) is 3.58. The van der Waals surface area contributed by atoms with Gasteiger partial charge in [0.25, 0.3) is 5.56 Å². The first-order valence-electron chi connectivity index (χ1n) is 8.50. The van der Waals surface area contributed by atoms with Crippen molar-refractivity contribution in [3.8, 4) is 11.4 Å². The molecular weight excluding hydrogens is 335 g/mol. The summed E-state index contributed by atoms with van der Waals surface area (Å²) >= 11 is 0. The smallest absolute Gasteiger partial charge is 0.266 e. The molecule has 3 N–H and O–H groups in total. The van der Waals surface area contributed by atoms with Gasteiger partial charge in [-0.05, 0) is 31.2 Å². The van der Waals surface area contributed by atoms with Crippen molar-refractivity contribution in [1.29, 1.82) is 0 Å². The van der Waals surface area contributed by atoms with E-state index in [2.05, 4.69) is 10.3 Å². The fourth-order valence-electron chi connectivity index (χ4n) is 2.79. The molecule has 6 nitrogen and oxygen atoms in total. The van der Waals surface area contributed by atoms with Gasteiger partial charge in [-0.3, -0.25) is 9.36 Å². The molecule has 0 fully saturated rings. The molecule has 0 saturated heterocycles. The summed E-state index contributed by atoms with van der Waals surface area (Å²) in [4.78, 5) is 17.8. The lowest BCUT2D eigenvalue weighted by atomic mass is 10.2. The Balaban J connectivity index is 2.24. The summed E-state index contributed by atoms with van der Waals surface area (Å²) in [6.07, 6.45) is 0. The number of halogens is 1. The molecule has 26 heavy (non-hydrogen) atoms. The summed E-state index contributed by atoms with van der Waals surface area (Å²) in [6, 6.07) is 11.2. The fourth-order valence-corrected chi connectivity index (χ4v) is 2.79. The molecule has 0 saturated carbocycles. The quantitative estimate of drug-likeness (QED) is 0.633. The number of hydrogen-bond donors (Lipinski definition) is 2. The largest absolute Gasteiger partial charge is 0.492 e. The molecule has 0 aliphatic carbocycles. The Morgan fingerprint density at radius 2 is 2.08 bits per heavy atom. The standard InChI is InChI=1S/C19H21FN4O2/c1-2-26-17-11-13(20)7-8-16(17)24-18(12-22-10-9-21)23-15-6-4-3-5-14(15)19(24)25/h3-8,11,22H,2,9-10,12,21H2,1H3. The van der Waals surface area contributed by atoms with E-state index in [9.17, 15) is 9.18 Å². The fraction of sp³-hybridized carbons (Fsp3) is 0.263. The monoisotopic (exact) mass is 356 g/mol. The lowest BCUT2D eigenvalue weighted by molar-refractivity contribution is 0.336. The number of nitrogens with zero attached hydrogens (tertiary/aromatic N) is 2. The van der Waals surface area contributed by atoms with Crippen LogP contribution in [0.1, 0.15) is 12.7 Å². The van der Waals surface area contributed by atoms with Gasteiger partial charge in [0.05, 0.1) is 29.7 Å². The zero-order valence-electron chi connectivity index (χ0n) is 14.5. The number of hydrogen-bond acceptors (Lipinski definition) is 5. The molecule has 2 aromatic carbocycles. The van der Waals surface area contributed by atoms with Crippen LogP contribution >= 0.6 is 0 Å². The molecule has 0 aliphatic heterocycles. The first-order valence-corrected chi connectivity index (χ1v) is 8.50. The second-order valence-electron chi connectivity index (χ2n) is 5.70. The summed E-state index contributed by atoms with van der Waals surface area (Å²) in [5.41, 5.74) is 6.37. The maximum absolute atomic E-state index is 13.7. The van der Waals surface area contributed by atoms with Crippen LogP contribution in [0.5, 0.6) is 5.75 Å². The summed E-state index contributed by atoms with van der Waals surface area (Å²) in [5.74, 6) is 0.378. The van der Waals surface area contributed by atoms with E-state index in [1.165, 1.54) is 22.8 Å². The molecule has 0 radical (unpaired) electrons. The molecule has 1 heterocycles. The highest BCUT2D eigenvalue weighted by Crippen LogP contribution is 2.25. The van der Waals surface area contributed by atoms with Gasteiger partial charge in [-0.15, -0.1) is 0 Å². The van der Waals surface area contributed by atoms with Crippen LogP contribution in [0.2, 0.25) is 0 Å². The van der Waals surface area contributed by atoms with E-state index < -0.39 is 5.82 Å². The molecule has 7 heteroatoms. The van der Waals surface area contributed by atoms with Crippen LogP contribution in [-0.4, -0.2) is 29.2 Å². The third-order valence-electron chi connectivity index (χ3n) is 3.91. The van der Waals surface area contributed by atoms with Gasteiger partial charge in [0.15, 0.2) is 0 Å². The Morgan fingerprint density at radius 1 is 1.27 bits per heavy atom. The van der Waals surface area contributed by atoms with Crippen molar-refractivity contribution in [3.63, 3.8) is 0 Å². The van der Waals surface area contributed by atoms with Crippen molar-refractivity contribution in [1.82, 2.24) is 14.9 Å². The summed E-state index contributed by atoms with van der Waals surface area (Å²) in [7, 11) is 0. The molecule has 1 aromatic heterocycles. The minimum atomic E-state index is -0.429. The molecular formula is C19H21FN4O2. The third-order valence-corrected chi connectivity index (χ3v) is 3.91. The summed E-state index contributed by atoms with van der Waals surface area (Å²) < 4.78 is 20.7. The van der Waals surface area contributed by atoms with Crippen LogP contribution in [0.25, 0.3) is 16.6 Å². The topological polar surface area (TPSA) is 82.2 Å². The predicted octanol–water partition coefficient (Wildman–Crippen LogP) is 1.97. The van der Waals surface area contributed by atoms with Crippen molar-refractivity contribution in [2.45, 2.75) is 13.5 Å². The van der Waals surface area contributed by atoms with E-state index in [1.807, 2.05) is 6.07 Å². The number of nitrogens with two attached hydrogens (primary N) is 1. The highest BCUT2D eigenvalue weighted by molar-refractivity contribution is 5.78. The van der Waals surface area contributed by atoms with E-state index in [0.717, 1.165) is 0 Å². The predicted molar refractivity (Wildman–Crippen MR) is 99.2 cm³/mol. The van der Waals surface area contributed by atoms with E-state index in [1.54, 1.807) is 25.1 Å². The van der Waals surface area contributed by atoms with Crippen LogP contribution < -0.4 is 21.3 Å². The van der Waals surface area contributed by atoms with Gasteiger partial charge >= 0.3 is 0 Å².